The third kappa shape index (κ3) is 2.48. The standard InChI is InChI=1S/C15H17NO3/c17-14(12-8-13(12)15(18)19)16-11-6-10(7-11)9-4-2-1-3-5-9/h1-5,10-13H,6-8H2,(H,16,17)(H,18,19)/t10?,11?,12-,13-/m1/s1. The van der Waals surface area contributed by atoms with Crippen molar-refractivity contribution in [3.8, 4) is 0 Å². The fourth-order valence-electron chi connectivity index (χ4n) is 2.80. The van der Waals surface area contributed by atoms with Gasteiger partial charge in [-0.2, -0.15) is 0 Å². The Balaban J connectivity index is 1.45. The highest BCUT2D eigenvalue weighted by atomic mass is 16.4. The van der Waals surface area contributed by atoms with Crippen LogP contribution in [0, 0.1) is 11.8 Å². The summed E-state index contributed by atoms with van der Waals surface area (Å²) in [6, 6.07) is 10.5. The SMILES string of the molecule is O=C(O)[C@@H]1C[C@H]1C(=O)NC1CC(c2ccccc2)C1. The Kier molecular flexibility index (Phi) is 3.01. The lowest BCUT2D eigenvalue weighted by molar-refractivity contribution is -0.140. The zero-order valence-corrected chi connectivity index (χ0v) is 10.6. The highest BCUT2D eigenvalue weighted by Crippen LogP contribution is 2.41. The first kappa shape index (κ1) is 12.2. The maximum absolute atomic E-state index is 11.8. The molecule has 2 saturated carbocycles. The van der Waals surface area contributed by atoms with Gasteiger partial charge in [-0.15, -0.1) is 0 Å². The summed E-state index contributed by atoms with van der Waals surface area (Å²) < 4.78 is 0. The van der Waals surface area contributed by atoms with Gasteiger partial charge in [0.1, 0.15) is 0 Å². The predicted molar refractivity (Wildman–Crippen MR) is 69.6 cm³/mol. The summed E-state index contributed by atoms with van der Waals surface area (Å²) in [6.07, 6.45) is 2.41. The lowest BCUT2D eigenvalue weighted by Crippen LogP contribution is -2.44. The lowest BCUT2D eigenvalue weighted by Gasteiger charge is -2.36. The van der Waals surface area contributed by atoms with Crippen molar-refractivity contribution >= 4 is 11.9 Å². The van der Waals surface area contributed by atoms with Crippen LogP contribution in [0.4, 0.5) is 0 Å². The average Bonchev–Trinajstić information content (AvgIpc) is 3.14. The van der Waals surface area contributed by atoms with Crippen molar-refractivity contribution in [1.82, 2.24) is 5.32 Å². The molecule has 2 aliphatic carbocycles. The van der Waals surface area contributed by atoms with Gasteiger partial charge in [-0.25, -0.2) is 0 Å². The molecular formula is C15H17NO3. The van der Waals surface area contributed by atoms with Crippen LogP contribution in [0.25, 0.3) is 0 Å². The number of carbonyl (C=O) groups is 2. The zero-order chi connectivity index (χ0) is 13.4. The Morgan fingerprint density at radius 1 is 1.05 bits per heavy atom. The molecule has 0 unspecified atom stereocenters. The molecule has 0 heterocycles. The summed E-state index contributed by atoms with van der Waals surface area (Å²) in [4.78, 5) is 22.5. The molecule has 19 heavy (non-hydrogen) atoms. The second-order valence-corrected chi connectivity index (χ2v) is 5.57. The molecule has 2 atom stereocenters. The molecule has 0 bridgehead atoms. The van der Waals surface area contributed by atoms with Crippen molar-refractivity contribution < 1.29 is 14.7 Å². The first-order valence-corrected chi connectivity index (χ1v) is 6.73. The first-order chi connectivity index (χ1) is 9.15. The van der Waals surface area contributed by atoms with E-state index in [1.165, 1.54) is 5.56 Å². The number of carboxylic acid groups (broad SMARTS) is 1. The van der Waals surface area contributed by atoms with Crippen molar-refractivity contribution in [1.29, 1.82) is 0 Å². The quantitative estimate of drug-likeness (QED) is 0.866. The zero-order valence-electron chi connectivity index (χ0n) is 10.6. The molecule has 0 saturated heterocycles. The minimum Gasteiger partial charge on any atom is -0.481 e. The number of aliphatic carboxylic acids is 1. The molecule has 3 rings (SSSR count). The average molecular weight is 259 g/mol. The molecule has 2 aliphatic rings. The van der Waals surface area contributed by atoms with Gasteiger partial charge >= 0.3 is 5.97 Å². The normalized spacial score (nSPS) is 32.2. The molecular weight excluding hydrogens is 242 g/mol. The van der Waals surface area contributed by atoms with Crippen LogP contribution in [0.2, 0.25) is 0 Å². The molecule has 0 aliphatic heterocycles. The number of rotatable bonds is 4. The monoisotopic (exact) mass is 259 g/mol. The third-order valence-corrected chi connectivity index (χ3v) is 4.20. The minimum atomic E-state index is -0.851. The molecule has 0 radical (unpaired) electrons. The third-order valence-electron chi connectivity index (χ3n) is 4.20. The molecule has 1 aromatic carbocycles. The summed E-state index contributed by atoms with van der Waals surface area (Å²) in [7, 11) is 0. The van der Waals surface area contributed by atoms with Crippen LogP contribution in [0.15, 0.2) is 30.3 Å². The summed E-state index contributed by atoms with van der Waals surface area (Å²) in [5, 5.41) is 11.7. The molecule has 0 aromatic heterocycles. The number of nitrogens with one attached hydrogen (secondary N) is 1. The van der Waals surface area contributed by atoms with E-state index in [2.05, 4.69) is 17.4 Å². The largest absolute Gasteiger partial charge is 0.481 e. The fraction of sp³-hybridized carbons (Fsp3) is 0.467. The summed E-state index contributed by atoms with van der Waals surface area (Å²) >= 11 is 0. The van der Waals surface area contributed by atoms with E-state index in [0.717, 1.165) is 12.8 Å². The van der Waals surface area contributed by atoms with Gasteiger partial charge in [-0.05, 0) is 30.7 Å². The lowest BCUT2D eigenvalue weighted by atomic mass is 9.76. The van der Waals surface area contributed by atoms with E-state index in [-0.39, 0.29) is 17.9 Å². The van der Waals surface area contributed by atoms with E-state index >= 15 is 0 Å². The Bertz CT molecular complexity index is 493. The van der Waals surface area contributed by atoms with Crippen LogP contribution in [0.3, 0.4) is 0 Å². The van der Waals surface area contributed by atoms with Crippen LogP contribution in [0.1, 0.15) is 30.7 Å². The van der Waals surface area contributed by atoms with Gasteiger partial charge in [0.15, 0.2) is 0 Å². The van der Waals surface area contributed by atoms with Crippen molar-refractivity contribution in [2.24, 2.45) is 11.8 Å². The van der Waals surface area contributed by atoms with Gasteiger partial charge in [-0.1, -0.05) is 30.3 Å². The Labute approximate surface area is 111 Å². The van der Waals surface area contributed by atoms with Gasteiger partial charge in [0.05, 0.1) is 11.8 Å². The van der Waals surface area contributed by atoms with Gasteiger partial charge in [-0.3, -0.25) is 9.59 Å². The minimum absolute atomic E-state index is 0.0797. The molecule has 0 spiro atoms. The maximum Gasteiger partial charge on any atom is 0.307 e. The topological polar surface area (TPSA) is 66.4 Å². The maximum atomic E-state index is 11.8. The van der Waals surface area contributed by atoms with Crippen LogP contribution in [-0.2, 0) is 9.59 Å². The van der Waals surface area contributed by atoms with Gasteiger partial charge < -0.3 is 10.4 Å². The van der Waals surface area contributed by atoms with E-state index in [4.69, 9.17) is 5.11 Å². The van der Waals surface area contributed by atoms with Crippen molar-refractivity contribution in [2.45, 2.75) is 31.2 Å². The number of carboxylic acids is 1. The fourth-order valence-corrected chi connectivity index (χ4v) is 2.80. The van der Waals surface area contributed by atoms with E-state index in [0.29, 0.717) is 12.3 Å². The summed E-state index contributed by atoms with van der Waals surface area (Å²) in [5.41, 5.74) is 1.32. The Hall–Kier alpha value is -1.84. The van der Waals surface area contributed by atoms with Crippen LogP contribution in [-0.4, -0.2) is 23.0 Å². The number of amides is 1. The number of benzene rings is 1. The van der Waals surface area contributed by atoms with E-state index in [1.54, 1.807) is 0 Å². The molecule has 4 heteroatoms. The van der Waals surface area contributed by atoms with Crippen molar-refractivity contribution in [3.05, 3.63) is 35.9 Å². The Morgan fingerprint density at radius 3 is 2.32 bits per heavy atom. The molecule has 2 fully saturated rings. The van der Waals surface area contributed by atoms with Gasteiger partial charge in [0.2, 0.25) is 5.91 Å². The number of hydrogen-bond acceptors (Lipinski definition) is 2. The highest BCUT2D eigenvalue weighted by Gasteiger charge is 2.49. The van der Waals surface area contributed by atoms with E-state index < -0.39 is 11.9 Å². The van der Waals surface area contributed by atoms with Crippen LogP contribution < -0.4 is 5.32 Å². The number of carbonyl (C=O) groups excluding carboxylic acids is 1. The molecule has 4 nitrogen and oxygen atoms in total. The Morgan fingerprint density at radius 2 is 1.74 bits per heavy atom. The van der Waals surface area contributed by atoms with E-state index in [1.807, 2.05) is 18.2 Å². The summed E-state index contributed by atoms with van der Waals surface area (Å²) in [5.74, 6) is -1.15. The second-order valence-electron chi connectivity index (χ2n) is 5.57. The second kappa shape index (κ2) is 4.68. The van der Waals surface area contributed by atoms with Gasteiger partial charge in [0.25, 0.3) is 0 Å². The van der Waals surface area contributed by atoms with E-state index in [9.17, 15) is 9.59 Å². The van der Waals surface area contributed by atoms with Crippen LogP contribution >= 0.6 is 0 Å². The molecule has 100 valence electrons. The van der Waals surface area contributed by atoms with Gasteiger partial charge in [0, 0.05) is 6.04 Å². The summed E-state index contributed by atoms with van der Waals surface area (Å²) in [6.45, 7) is 0. The predicted octanol–water partition coefficient (Wildman–Crippen LogP) is 1.77. The molecule has 1 amide bonds. The van der Waals surface area contributed by atoms with Crippen molar-refractivity contribution in [3.63, 3.8) is 0 Å². The smallest absolute Gasteiger partial charge is 0.307 e. The van der Waals surface area contributed by atoms with Crippen LogP contribution in [0.5, 0.6) is 0 Å². The molecule has 1 aromatic rings. The number of hydrogen-bond donors (Lipinski definition) is 2. The molecule has 2 N–H and O–H groups in total. The van der Waals surface area contributed by atoms with Crippen molar-refractivity contribution in [2.75, 3.05) is 0 Å². The first-order valence-electron chi connectivity index (χ1n) is 6.73. The highest BCUT2D eigenvalue weighted by molar-refractivity contribution is 5.89.